The van der Waals surface area contributed by atoms with E-state index in [1.54, 1.807) is 0 Å². The van der Waals surface area contributed by atoms with Gasteiger partial charge < -0.3 is 15.8 Å². The topological polar surface area (TPSA) is 102 Å². The summed E-state index contributed by atoms with van der Waals surface area (Å²) in [6.45, 7) is 2.93. The lowest BCUT2D eigenvalue weighted by Crippen LogP contribution is -2.43. The number of hydrogen-bond acceptors (Lipinski definition) is 6. The minimum atomic E-state index is -1.41. The summed E-state index contributed by atoms with van der Waals surface area (Å²) in [4.78, 5) is 24.6. The Labute approximate surface area is 167 Å². The van der Waals surface area contributed by atoms with Crippen molar-refractivity contribution in [2.45, 2.75) is 32.2 Å². The lowest BCUT2D eigenvalue weighted by Gasteiger charge is -2.39. The number of rotatable bonds is 5. The summed E-state index contributed by atoms with van der Waals surface area (Å²) >= 11 is 0. The van der Waals surface area contributed by atoms with Gasteiger partial charge in [-0.1, -0.05) is 13.8 Å². The molecule has 1 amide bonds. The van der Waals surface area contributed by atoms with E-state index in [0.29, 0.717) is 12.8 Å². The maximum atomic E-state index is 14.6. The molecule has 2 heterocycles. The first-order valence-corrected chi connectivity index (χ1v) is 9.10. The minimum absolute atomic E-state index is 0.0528. The normalized spacial score (nSPS) is 20.7. The fraction of sp³-hybridized carbons (Fsp3) is 0.400. The van der Waals surface area contributed by atoms with E-state index in [4.69, 9.17) is 10.5 Å². The van der Waals surface area contributed by atoms with Crippen molar-refractivity contribution in [2.24, 2.45) is 16.1 Å². The molecule has 3 N–H and O–H groups in total. The standard InChI is InChI=1S/C20H23F2N5O2/c1-19(2)6-7-20(11-21,27-18(19)23)13-8-12(4-5-14(13)22)26-17(28)15-9-25-16(29-3)10-24-15/h4-5,8-10H,6-7,11H2,1-3H3,(H2,23,27)(H,26,28)/t20-/m1/s1. The minimum Gasteiger partial charge on any atom is -0.480 e. The van der Waals surface area contributed by atoms with Gasteiger partial charge in [-0.2, -0.15) is 0 Å². The number of carbonyl (C=O) groups is 1. The van der Waals surface area contributed by atoms with Gasteiger partial charge in [0, 0.05) is 16.7 Å². The first-order valence-electron chi connectivity index (χ1n) is 9.10. The number of methoxy groups -OCH3 is 1. The second-order valence-electron chi connectivity index (χ2n) is 7.64. The van der Waals surface area contributed by atoms with Crippen LogP contribution in [0.3, 0.4) is 0 Å². The van der Waals surface area contributed by atoms with E-state index in [9.17, 15) is 13.6 Å². The number of amidine groups is 1. The SMILES string of the molecule is COc1cnc(C(=O)Nc2ccc(F)c([C@]3(CF)CCC(C)(C)C(N)=N3)c2)cn1. The number of benzene rings is 1. The number of aromatic nitrogens is 2. The summed E-state index contributed by atoms with van der Waals surface area (Å²) < 4.78 is 33.6. The number of aliphatic imine (C=N–C) groups is 1. The Kier molecular flexibility index (Phi) is 5.50. The molecular weight excluding hydrogens is 380 g/mol. The van der Waals surface area contributed by atoms with Crippen LogP contribution in [0, 0.1) is 11.2 Å². The number of nitrogens with one attached hydrogen (secondary N) is 1. The van der Waals surface area contributed by atoms with Crippen molar-refractivity contribution < 1.29 is 18.3 Å². The van der Waals surface area contributed by atoms with Crippen molar-refractivity contribution in [3.8, 4) is 5.88 Å². The molecule has 7 nitrogen and oxygen atoms in total. The highest BCUT2D eigenvalue weighted by atomic mass is 19.1. The van der Waals surface area contributed by atoms with Gasteiger partial charge in [0.2, 0.25) is 5.88 Å². The van der Waals surface area contributed by atoms with Crippen molar-refractivity contribution in [2.75, 3.05) is 19.1 Å². The molecule has 1 atom stereocenters. The van der Waals surface area contributed by atoms with E-state index in [2.05, 4.69) is 20.3 Å². The van der Waals surface area contributed by atoms with E-state index < -0.39 is 23.9 Å². The highest BCUT2D eigenvalue weighted by Crippen LogP contribution is 2.42. The second-order valence-corrected chi connectivity index (χ2v) is 7.64. The van der Waals surface area contributed by atoms with Gasteiger partial charge in [-0.15, -0.1) is 0 Å². The van der Waals surface area contributed by atoms with Crippen LogP contribution < -0.4 is 15.8 Å². The first kappa shape index (κ1) is 20.6. The van der Waals surface area contributed by atoms with E-state index in [0.717, 1.165) is 0 Å². The number of nitrogens with zero attached hydrogens (tertiary/aromatic N) is 3. The zero-order chi connectivity index (χ0) is 21.2. The van der Waals surface area contributed by atoms with Crippen molar-refractivity contribution in [1.29, 1.82) is 0 Å². The largest absolute Gasteiger partial charge is 0.480 e. The Morgan fingerprint density at radius 3 is 2.62 bits per heavy atom. The van der Waals surface area contributed by atoms with Crippen LogP contribution in [-0.2, 0) is 5.54 Å². The molecule has 1 aliphatic heterocycles. The maximum absolute atomic E-state index is 14.6. The predicted octanol–water partition coefficient (Wildman–Crippen LogP) is 3.22. The average Bonchev–Trinajstić information content (AvgIpc) is 2.72. The molecule has 0 saturated heterocycles. The Morgan fingerprint density at radius 2 is 2.03 bits per heavy atom. The van der Waals surface area contributed by atoms with Crippen LogP contribution in [0.1, 0.15) is 42.7 Å². The number of ether oxygens (including phenoxy) is 1. The second kappa shape index (κ2) is 7.73. The molecular formula is C20H23F2N5O2. The number of amides is 1. The maximum Gasteiger partial charge on any atom is 0.275 e. The number of anilines is 1. The summed E-state index contributed by atoms with van der Waals surface area (Å²) in [5, 5.41) is 2.62. The third-order valence-electron chi connectivity index (χ3n) is 5.21. The summed E-state index contributed by atoms with van der Waals surface area (Å²) in [7, 11) is 1.44. The van der Waals surface area contributed by atoms with Crippen LogP contribution in [-0.4, -0.2) is 35.5 Å². The number of carbonyl (C=O) groups excluding carboxylic acids is 1. The molecule has 3 rings (SSSR count). The van der Waals surface area contributed by atoms with Gasteiger partial charge in [0.15, 0.2) is 0 Å². The highest BCUT2D eigenvalue weighted by molar-refractivity contribution is 6.02. The Hall–Kier alpha value is -3.10. The zero-order valence-electron chi connectivity index (χ0n) is 16.5. The van der Waals surface area contributed by atoms with Gasteiger partial charge in [-0.05, 0) is 31.0 Å². The Bertz CT molecular complexity index is 946. The zero-order valence-corrected chi connectivity index (χ0v) is 16.5. The molecule has 2 aromatic rings. The van der Waals surface area contributed by atoms with Gasteiger partial charge in [0.25, 0.3) is 5.91 Å². The van der Waals surface area contributed by atoms with Crippen LogP contribution in [0.4, 0.5) is 14.5 Å². The van der Waals surface area contributed by atoms with Crippen LogP contribution in [0.25, 0.3) is 0 Å². The molecule has 0 radical (unpaired) electrons. The quantitative estimate of drug-likeness (QED) is 0.798. The highest BCUT2D eigenvalue weighted by Gasteiger charge is 2.42. The van der Waals surface area contributed by atoms with E-state index in [1.165, 1.54) is 37.7 Å². The summed E-state index contributed by atoms with van der Waals surface area (Å²) in [6, 6.07) is 3.95. The van der Waals surface area contributed by atoms with Crippen molar-refractivity contribution in [1.82, 2.24) is 9.97 Å². The molecule has 0 fully saturated rings. The summed E-state index contributed by atoms with van der Waals surface area (Å²) in [5.41, 5.74) is 4.64. The smallest absolute Gasteiger partial charge is 0.275 e. The van der Waals surface area contributed by atoms with Crippen molar-refractivity contribution in [3.63, 3.8) is 0 Å². The molecule has 0 saturated carbocycles. The van der Waals surface area contributed by atoms with Crippen LogP contribution >= 0.6 is 0 Å². The van der Waals surface area contributed by atoms with Crippen molar-refractivity contribution >= 4 is 17.4 Å². The molecule has 1 aliphatic rings. The Balaban J connectivity index is 1.91. The van der Waals surface area contributed by atoms with Crippen molar-refractivity contribution in [3.05, 3.63) is 47.7 Å². The fourth-order valence-electron chi connectivity index (χ4n) is 3.14. The molecule has 0 bridgehead atoms. The summed E-state index contributed by atoms with van der Waals surface area (Å²) in [6.07, 6.45) is 3.43. The molecule has 9 heteroatoms. The van der Waals surface area contributed by atoms with Gasteiger partial charge in [0.1, 0.15) is 29.6 Å². The van der Waals surface area contributed by atoms with E-state index in [-0.39, 0.29) is 34.1 Å². The molecule has 1 aromatic carbocycles. The molecule has 0 aliphatic carbocycles. The third-order valence-corrected chi connectivity index (χ3v) is 5.21. The third kappa shape index (κ3) is 4.03. The molecule has 0 unspecified atom stereocenters. The summed E-state index contributed by atoms with van der Waals surface area (Å²) in [5.74, 6) is -0.601. The van der Waals surface area contributed by atoms with Crippen LogP contribution in [0.2, 0.25) is 0 Å². The predicted molar refractivity (Wildman–Crippen MR) is 105 cm³/mol. The van der Waals surface area contributed by atoms with Gasteiger partial charge in [0.05, 0.1) is 19.5 Å². The van der Waals surface area contributed by atoms with Gasteiger partial charge >= 0.3 is 0 Å². The van der Waals surface area contributed by atoms with Crippen LogP contribution in [0.5, 0.6) is 5.88 Å². The number of halogens is 2. The first-order chi connectivity index (χ1) is 13.7. The molecule has 1 aromatic heterocycles. The van der Waals surface area contributed by atoms with Gasteiger partial charge in [-0.25, -0.2) is 18.7 Å². The molecule has 0 spiro atoms. The van der Waals surface area contributed by atoms with Gasteiger partial charge in [-0.3, -0.25) is 9.79 Å². The van der Waals surface area contributed by atoms with E-state index in [1.807, 2.05) is 13.8 Å². The molecule has 29 heavy (non-hydrogen) atoms. The fourth-order valence-corrected chi connectivity index (χ4v) is 3.14. The lowest BCUT2D eigenvalue weighted by atomic mass is 9.75. The Morgan fingerprint density at radius 1 is 1.28 bits per heavy atom. The molecule has 154 valence electrons. The van der Waals surface area contributed by atoms with Crippen LogP contribution in [0.15, 0.2) is 35.6 Å². The number of nitrogens with two attached hydrogens (primary N) is 1. The monoisotopic (exact) mass is 403 g/mol. The number of alkyl halides is 1. The number of hydrogen-bond donors (Lipinski definition) is 2. The average molecular weight is 403 g/mol. The van der Waals surface area contributed by atoms with E-state index >= 15 is 0 Å². The lowest BCUT2D eigenvalue weighted by molar-refractivity contribution is 0.102.